The first kappa shape index (κ1) is 11.7. The molecule has 0 radical (unpaired) electrons. The van der Waals surface area contributed by atoms with Crippen molar-refractivity contribution < 1.29 is 13.9 Å². The van der Waals surface area contributed by atoms with E-state index in [9.17, 15) is 9.18 Å². The van der Waals surface area contributed by atoms with Crippen LogP contribution in [0.15, 0.2) is 18.2 Å². The van der Waals surface area contributed by atoms with Gasteiger partial charge in [-0.3, -0.25) is 0 Å². The maximum atomic E-state index is 12.9. The Bertz CT molecular complexity index is 317. The zero-order valence-corrected chi connectivity index (χ0v) is 7.73. The lowest BCUT2D eigenvalue weighted by molar-refractivity contribution is 0.0595. The van der Waals surface area contributed by atoms with Gasteiger partial charge in [-0.25, -0.2) is 9.18 Å². The molecule has 13 heavy (non-hydrogen) atoms. The van der Waals surface area contributed by atoms with Crippen LogP contribution in [0.2, 0.25) is 0 Å². The smallest absolute Gasteiger partial charge is 0.340 e. The summed E-state index contributed by atoms with van der Waals surface area (Å²) in [5.41, 5.74) is 5.45. The van der Waals surface area contributed by atoms with E-state index in [0.29, 0.717) is 0 Å². The average Bonchev–Trinajstić information content (AvgIpc) is 2.03. The molecular weight excluding hydrogens is 197 g/mol. The molecule has 0 atom stereocenters. The minimum absolute atomic E-state index is 0. The van der Waals surface area contributed by atoms with Gasteiger partial charge < -0.3 is 10.5 Å². The molecule has 2 N–H and O–H groups in total. The summed E-state index contributed by atoms with van der Waals surface area (Å²) in [6.07, 6.45) is 0. The van der Waals surface area contributed by atoms with Gasteiger partial charge >= 0.3 is 5.97 Å². The standard InChI is InChI=1S/C8H8FNO2.ClH/c1-12-8(11)6-3-2-5(10)4-7(6)9;/h2-4H,10H2,1H3;1H. The van der Waals surface area contributed by atoms with E-state index in [0.717, 1.165) is 6.07 Å². The molecule has 0 unspecified atom stereocenters. The fourth-order valence-electron chi connectivity index (χ4n) is 0.807. The lowest BCUT2D eigenvalue weighted by Gasteiger charge is -2.00. The third kappa shape index (κ3) is 2.59. The quantitative estimate of drug-likeness (QED) is 0.560. The Morgan fingerprint density at radius 3 is 2.62 bits per heavy atom. The third-order valence-electron chi connectivity index (χ3n) is 1.40. The van der Waals surface area contributed by atoms with E-state index in [2.05, 4.69) is 4.74 Å². The van der Waals surface area contributed by atoms with Gasteiger partial charge in [0.2, 0.25) is 0 Å². The zero-order valence-electron chi connectivity index (χ0n) is 6.91. The Balaban J connectivity index is 0.00000144. The molecule has 0 fully saturated rings. The molecular formula is C8H9ClFNO2. The fourth-order valence-corrected chi connectivity index (χ4v) is 0.807. The molecule has 0 aliphatic heterocycles. The predicted molar refractivity (Wildman–Crippen MR) is 49.4 cm³/mol. The number of nitrogen functional groups attached to an aromatic ring is 1. The Labute approximate surface area is 81.1 Å². The van der Waals surface area contributed by atoms with Crippen molar-refractivity contribution in [2.24, 2.45) is 0 Å². The second-order valence-corrected chi connectivity index (χ2v) is 2.23. The number of anilines is 1. The van der Waals surface area contributed by atoms with Gasteiger partial charge in [-0.05, 0) is 18.2 Å². The van der Waals surface area contributed by atoms with E-state index in [-0.39, 0.29) is 23.7 Å². The van der Waals surface area contributed by atoms with Gasteiger partial charge in [0.05, 0.1) is 12.7 Å². The van der Waals surface area contributed by atoms with Crippen molar-refractivity contribution in [1.29, 1.82) is 0 Å². The lowest BCUT2D eigenvalue weighted by Crippen LogP contribution is -2.04. The molecule has 3 nitrogen and oxygen atoms in total. The molecule has 1 aromatic rings. The summed E-state index contributed by atoms with van der Waals surface area (Å²) in [6.45, 7) is 0. The number of carbonyl (C=O) groups is 1. The molecule has 0 bridgehead atoms. The van der Waals surface area contributed by atoms with Crippen LogP contribution in [0.5, 0.6) is 0 Å². The van der Waals surface area contributed by atoms with Crippen LogP contribution in [-0.4, -0.2) is 13.1 Å². The molecule has 0 saturated heterocycles. The largest absolute Gasteiger partial charge is 0.465 e. The molecule has 0 heterocycles. The minimum atomic E-state index is -0.701. The van der Waals surface area contributed by atoms with Crippen molar-refractivity contribution in [1.82, 2.24) is 0 Å². The maximum absolute atomic E-state index is 12.9. The van der Waals surface area contributed by atoms with Crippen molar-refractivity contribution in [3.63, 3.8) is 0 Å². The summed E-state index contributed by atoms with van der Waals surface area (Å²) in [7, 11) is 1.19. The average molecular weight is 206 g/mol. The van der Waals surface area contributed by atoms with E-state index in [4.69, 9.17) is 5.73 Å². The number of esters is 1. The predicted octanol–water partition coefficient (Wildman–Crippen LogP) is 1.62. The van der Waals surface area contributed by atoms with Crippen molar-refractivity contribution in [2.75, 3.05) is 12.8 Å². The number of hydrogen-bond donors (Lipinski definition) is 1. The number of nitrogens with two attached hydrogens (primary N) is 1. The molecule has 0 amide bonds. The Morgan fingerprint density at radius 2 is 2.15 bits per heavy atom. The lowest BCUT2D eigenvalue weighted by atomic mass is 10.2. The number of carbonyl (C=O) groups excluding carboxylic acids is 1. The summed E-state index contributed by atoms with van der Waals surface area (Å²) in [5.74, 6) is -1.37. The van der Waals surface area contributed by atoms with Crippen LogP contribution >= 0.6 is 12.4 Å². The number of rotatable bonds is 1. The fraction of sp³-hybridized carbons (Fsp3) is 0.125. The topological polar surface area (TPSA) is 52.3 Å². The number of methoxy groups -OCH3 is 1. The number of ether oxygens (including phenoxy) is 1. The first-order valence-electron chi connectivity index (χ1n) is 3.28. The molecule has 0 aromatic heterocycles. The summed E-state index contributed by atoms with van der Waals surface area (Å²) in [4.78, 5) is 10.8. The highest BCUT2D eigenvalue weighted by molar-refractivity contribution is 5.89. The van der Waals surface area contributed by atoms with Gasteiger partial charge in [0, 0.05) is 5.69 Å². The highest BCUT2D eigenvalue weighted by atomic mass is 35.5. The van der Waals surface area contributed by atoms with Gasteiger partial charge in [0.1, 0.15) is 5.82 Å². The van der Waals surface area contributed by atoms with E-state index in [1.807, 2.05) is 0 Å². The van der Waals surface area contributed by atoms with Gasteiger partial charge in [-0.2, -0.15) is 0 Å². The SMILES string of the molecule is COC(=O)c1ccc(N)cc1F.Cl. The van der Waals surface area contributed by atoms with Gasteiger partial charge in [0.15, 0.2) is 0 Å². The van der Waals surface area contributed by atoms with E-state index < -0.39 is 11.8 Å². The molecule has 1 aromatic carbocycles. The Morgan fingerprint density at radius 1 is 1.54 bits per heavy atom. The third-order valence-corrected chi connectivity index (χ3v) is 1.40. The van der Waals surface area contributed by atoms with Crippen molar-refractivity contribution in [2.45, 2.75) is 0 Å². The van der Waals surface area contributed by atoms with Crippen LogP contribution in [0.25, 0.3) is 0 Å². The summed E-state index contributed by atoms with van der Waals surface area (Å²) >= 11 is 0. The molecule has 0 aliphatic rings. The highest BCUT2D eigenvalue weighted by Gasteiger charge is 2.10. The molecule has 0 aliphatic carbocycles. The maximum Gasteiger partial charge on any atom is 0.340 e. The van der Waals surface area contributed by atoms with E-state index in [1.54, 1.807) is 0 Å². The van der Waals surface area contributed by atoms with Crippen LogP contribution in [0.3, 0.4) is 0 Å². The molecule has 1 rings (SSSR count). The van der Waals surface area contributed by atoms with Crippen molar-refractivity contribution >= 4 is 24.1 Å². The monoisotopic (exact) mass is 205 g/mol. The van der Waals surface area contributed by atoms with Crippen LogP contribution < -0.4 is 5.73 Å². The normalized spacial score (nSPS) is 8.77. The van der Waals surface area contributed by atoms with Crippen molar-refractivity contribution in [3.8, 4) is 0 Å². The van der Waals surface area contributed by atoms with Crippen LogP contribution in [0.4, 0.5) is 10.1 Å². The van der Waals surface area contributed by atoms with Crippen LogP contribution in [0, 0.1) is 5.82 Å². The van der Waals surface area contributed by atoms with Gasteiger partial charge in [-0.1, -0.05) is 0 Å². The number of benzene rings is 1. The van der Waals surface area contributed by atoms with Gasteiger partial charge in [-0.15, -0.1) is 12.4 Å². The molecule has 72 valence electrons. The van der Waals surface area contributed by atoms with Crippen LogP contribution in [0.1, 0.15) is 10.4 Å². The van der Waals surface area contributed by atoms with Crippen molar-refractivity contribution in [3.05, 3.63) is 29.6 Å². The number of hydrogen-bond acceptors (Lipinski definition) is 3. The van der Waals surface area contributed by atoms with E-state index >= 15 is 0 Å². The first-order valence-corrected chi connectivity index (χ1v) is 3.28. The summed E-state index contributed by atoms with van der Waals surface area (Å²) in [5, 5.41) is 0. The van der Waals surface area contributed by atoms with Crippen LogP contribution in [-0.2, 0) is 4.74 Å². The number of halogens is 2. The summed E-state index contributed by atoms with van der Waals surface area (Å²) in [6, 6.07) is 3.80. The van der Waals surface area contributed by atoms with E-state index in [1.165, 1.54) is 19.2 Å². The Kier molecular flexibility index (Phi) is 4.20. The second-order valence-electron chi connectivity index (χ2n) is 2.23. The van der Waals surface area contributed by atoms with Gasteiger partial charge in [0.25, 0.3) is 0 Å². The molecule has 0 spiro atoms. The zero-order chi connectivity index (χ0) is 9.14. The molecule has 5 heteroatoms. The Hall–Kier alpha value is -1.29. The summed E-state index contributed by atoms with van der Waals surface area (Å²) < 4.78 is 17.2. The highest BCUT2D eigenvalue weighted by Crippen LogP contribution is 2.12. The first-order chi connectivity index (χ1) is 5.65. The minimum Gasteiger partial charge on any atom is -0.465 e. The second kappa shape index (κ2) is 4.67. The molecule has 0 saturated carbocycles.